The largest absolute Gasteiger partial charge is 0.495 e. The number of rotatable bonds is 11. The molecule has 3 aromatic carbocycles. The fraction of sp³-hybridized carbons (Fsp3) is 0.296. The summed E-state index contributed by atoms with van der Waals surface area (Å²) in [6.45, 7) is 3.74. The van der Waals surface area contributed by atoms with Gasteiger partial charge in [0.25, 0.3) is 0 Å². The summed E-state index contributed by atoms with van der Waals surface area (Å²) in [7, 11) is -2.59. The van der Waals surface area contributed by atoms with Crippen molar-refractivity contribution in [3.8, 4) is 5.75 Å². The maximum absolute atomic E-state index is 13.3. The summed E-state index contributed by atoms with van der Waals surface area (Å²) in [5, 5.41) is 2.99. The van der Waals surface area contributed by atoms with Gasteiger partial charge in [-0.15, -0.1) is 0 Å². The van der Waals surface area contributed by atoms with E-state index in [1.54, 1.807) is 25.1 Å². The van der Waals surface area contributed by atoms with Gasteiger partial charge in [-0.1, -0.05) is 66.7 Å². The summed E-state index contributed by atoms with van der Waals surface area (Å²) in [6, 6.07) is 23.3. The zero-order valence-electron chi connectivity index (χ0n) is 19.8. The Labute approximate surface area is 202 Å². The molecule has 0 saturated heterocycles. The Morgan fingerprint density at radius 2 is 1.56 bits per heavy atom. The van der Waals surface area contributed by atoms with Gasteiger partial charge in [0.1, 0.15) is 16.7 Å². The first kappa shape index (κ1) is 25.5. The van der Waals surface area contributed by atoms with Crippen molar-refractivity contribution in [2.45, 2.75) is 50.1 Å². The van der Waals surface area contributed by atoms with E-state index in [1.807, 2.05) is 55.5 Å². The average Bonchev–Trinajstić information content (AvgIpc) is 2.83. The number of aryl methyl sites for hydroxylation is 2. The highest BCUT2D eigenvalue weighted by atomic mass is 32.2. The molecule has 0 unspecified atom stereocenters. The van der Waals surface area contributed by atoms with E-state index in [2.05, 4.69) is 22.2 Å². The number of hydrogen-bond acceptors (Lipinski definition) is 4. The van der Waals surface area contributed by atoms with Crippen LogP contribution in [0.4, 0.5) is 0 Å². The number of hydrogen-bond donors (Lipinski definition) is 2. The van der Waals surface area contributed by atoms with Gasteiger partial charge in [-0.2, -0.15) is 4.72 Å². The lowest BCUT2D eigenvalue weighted by Gasteiger charge is -2.22. The van der Waals surface area contributed by atoms with Crippen LogP contribution in [0, 0.1) is 6.92 Å². The lowest BCUT2D eigenvalue weighted by molar-refractivity contribution is -0.123. The van der Waals surface area contributed by atoms with Crippen molar-refractivity contribution in [3.05, 3.63) is 95.6 Å². The zero-order chi connectivity index (χ0) is 24.6. The molecule has 2 N–H and O–H groups in total. The van der Waals surface area contributed by atoms with Crippen molar-refractivity contribution >= 4 is 15.9 Å². The summed E-state index contributed by atoms with van der Waals surface area (Å²) < 4.78 is 34.5. The summed E-state index contributed by atoms with van der Waals surface area (Å²) in [5.74, 6) is -0.132. The average molecular weight is 481 g/mol. The molecule has 0 aliphatic rings. The minimum atomic E-state index is -4.02. The second-order valence-corrected chi connectivity index (χ2v) is 10.1. The van der Waals surface area contributed by atoms with Crippen molar-refractivity contribution in [2.75, 3.05) is 7.11 Å². The van der Waals surface area contributed by atoms with Crippen LogP contribution in [0.1, 0.15) is 30.0 Å². The SMILES string of the molecule is COc1ccc(C)cc1S(=O)(=O)N[C@H](Cc1ccccc1)C(=O)N[C@@H](C)CCc1ccccc1. The highest BCUT2D eigenvalue weighted by Crippen LogP contribution is 2.25. The maximum Gasteiger partial charge on any atom is 0.244 e. The molecule has 3 rings (SSSR count). The number of sulfonamides is 1. The van der Waals surface area contributed by atoms with Crippen LogP contribution in [0.3, 0.4) is 0 Å². The molecule has 1 amide bonds. The summed E-state index contributed by atoms with van der Waals surface area (Å²) >= 11 is 0. The molecule has 0 aliphatic carbocycles. The first-order chi connectivity index (χ1) is 16.3. The highest BCUT2D eigenvalue weighted by molar-refractivity contribution is 7.89. The number of ether oxygens (including phenoxy) is 1. The molecular formula is C27H32N2O4S. The number of benzene rings is 3. The highest BCUT2D eigenvalue weighted by Gasteiger charge is 2.29. The van der Waals surface area contributed by atoms with Crippen LogP contribution in [0.2, 0.25) is 0 Å². The smallest absolute Gasteiger partial charge is 0.244 e. The summed E-state index contributed by atoms with van der Waals surface area (Å²) in [6.07, 6.45) is 1.79. The quantitative estimate of drug-likeness (QED) is 0.434. The van der Waals surface area contributed by atoms with E-state index >= 15 is 0 Å². The van der Waals surface area contributed by atoms with E-state index in [-0.39, 0.29) is 29.0 Å². The molecule has 3 aromatic rings. The number of methoxy groups -OCH3 is 1. The van der Waals surface area contributed by atoms with Crippen LogP contribution >= 0.6 is 0 Å². The zero-order valence-corrected chi connectivity index (χ0v) is 20.6. The van der Waals surface area contributed by atoms with Gasteiger partial charge in [0.15, 0.2) is 0 Å². The van der Waals surface area contributed by atoms with Gasteiger partial charge in [0.2, 0.25) is 15.9 Å². The predicted molar refractivity (Wildman–Crippen MR) is 134 cm³/mol. The predicted octanol–water partition coefficient (Wildman–Crippen LogP) is 4.03. The second kappa shape index (κ2) is 11.8. The van der Waals surface area contributed by atoms with Gasteiger partial charge >= 0.3 is 0 Å². The van der Waals surface area contributed by atoms with Crippen molar-refractivity contribution in [2.24, 2.45) is 0 Å². The van der Waals surface area contributed by atoms with Crippen molar-refractivity contribution < 1.29 is 17.9 Å². The number of amides is 1. The Morgan fingerprint density at radius 3 is 2.18 bits per heavy atom. The molecule has 2 atom stereocenters. The molecule has 0 bridgehead atoms. The van der Waals surface area contributed by atoms with Crippen LogP contribution in [-0.4, -0.2) is 33.5 Å². The fourth-order valence-corrected chi connectivity index (χ4v) is 5.18. The maximum atomic E-state index is 13.3. The Bertz CT molecular complexity index is 1180. The molecule has 0 saturated carbocycles. The molecule has 0 heterocycles. The second-order valence-electron chi connectivity index (χ2n) is 8.45. The van der Waals surface area contributed by atoms with E-state index in [1.165, 1.54) is 12.7 Å². The van der Waals surface area contributed by atoms with Gasteiger partial charge in [-0.3, -0.25) is 4.79 Å². The Hall–Kier alpha value is -3.16. The standard InChI is InChI=1S/C27H32N2O4S/c1-20-14-17-25(33-3)26(18-20)34(31,32)29-24(19-23-12-8-5-9-13-23)27(30)28-21(2)15-16-22-10-6-4-7-11-22/h4-14,17-18,21,24,29H,15-16,19H2,1-3H3,(H,28,30)/t21-,24+/m0/s1. The molecule has 0 radical (unpaired) electrons. The van der Waals surface area contributed by atoms with E-state index in [0.29, 0.717) is 0 Å². The molecule has 7 heteroatoms. The molecular weight excluding hydrogens is 448 g/mol. The lowest BCUT2D eigenvalue weighted by atomic mass is 10.0. The van der Waals surface area contributed by atoms with E-state index < -0.39 is 16.1 Å². The molecule has 6 nitrogen and oxygen atoms in total. The topological polar surface area (TPSA) is 84.5 Å². The lowest BCUT2D eigenvalue weighted by Crippen LogP contribution is -2.50. The molecule has 34 heavy (non-hydrogen) atoms. The molecule has 0 aliphatic heterocycles. The molecule has 0 aromatic heterocycles. The van der Waals surface area contributed by atoms with Crippen molar-refractivity contribution in [1.29, 1.82) is 0 Å². The molecule has 0 spiro atoms. The Balaban J connectivity index is 1.78. The first-order valence-corrected chi connectivity index (χ1v) is 12.8. The Morgan fingerprint density at radius 1 is 0.941 bits per heavy atom. The number of carbonyl (C=O) groups is 1. The Kier molecular flexibility index (Phi) is 8.85. The normalized spacial score (nSPS) is 13.1. The van der Waals surface area contributed by atoms with Crippen LogP contribution in [0.5, 0.6) is 5.75 Å². The van der Waals surface area contributed by atoms with Gasteiger partial charge < -0.3 is 10.1 Å². The van der Waals surface area contributed by atoms with Gasteiger partial charge in [0, 0.05) is 6.04 Å². The molecule has 0 fully saturated rings. The molecule has 180 valence electrons. The van der Waals surface area contributed by atoms with Crippen LogP contribution < -0.4 is 14.8 Å². The minimum absolute atomic E-state index is 0.0120. The van der Waals surface area contributed by atoms with Crippen molar-refractivity contribution in [3.63, 3.8) is 0 Å². The van der Waals surface area contributed by atoms with Gasteiger partial charge in [0.05, 0.1) is 7.11 Å². The fourth-order valence-electron chi connectivity index (χ4n) is 3.73. The van der Waals surface area contributed by atoms with Gasteiger partial charge in [-0.05, 0) is 61.9 Å². The van der Waals surface area contributed by atoms with Crippen LogP contribution in [0.15, 0.2) is 83.8 Å². The van der Waals surface area contributed by atoms with Gasteiger partial charge in [-0.25, -0.2) is 8.42 Å². The van der Waals surface area contributed by atoms with Crippen molar-refractivity contribution in [1.82, 2.24) is 10.0 Å². The minimum Gasteiger partial charge on any atom is -0.495 e. The first-order valence-electron chi connectivity index (χ1n) is 11.3. The number of nitrogens with one attached hydrogen (secondary N) is 2. The van der Waals surface area contributed by atoms with E-state index in [0.717, 1.165) is 24.0 Å². The van der Waals surface area contributed by atoms with Crippen LogP contribution in [-0.2, 0) is 27.7 Å². The van der Waals surface area contributed by atoms with E-state index in [9.17, 15) is 13.2 Å². The third kappa shape index (κ3) is 7.17. The van der Waals surface area contributed by atoms with Crippen LogP contribution in [0.25, 0.3) is 0 Å². The number of carbonyl (C=O) groups excluding carboxylic acids is 1. The third-order valence-electron chi connectivity index (χ3n) is 5.60. The third-order valence-corrected chi connectivity index (χ3v) is 7.10. The van der Waals surface area contributed by atoms with E-state index in [4.69, 9.17) is 4.74 Å². The monoisotopic (exact) mass is 480 g/mol. The summed E-state index contributed by atoms with van der Waals surface area (Å²) in [4.78, 5) is 13.2. The summed E-state index contributed by atoms with van der Waals surface area (Å²) in [5.41, 5.74) is 2.83.